The first kappa shape index (κ1) is 18.2. The Labute approximate surface area is 151 Å². The van der Waals surface area contributed by atoms with Crippen molar-refractivity contribution in [2.75, 3.05) is 13.1 Å². The summed E-state index contributed by atoms with van der Waals surface area (Å²) in [5.74, 6) is 0.267. The molecule has 1 N–H and O–H groups in total. The summed E-state index contributed by atoms with van der Waals surface area (Å²) in [5, 5.41) is 2.87. The first-order valence-electron chi connectivity index (χ1n) is 8.42. The molecule has 1 saturated heterocycles. The van der Waals surface area contributed by atoms with Crippen molar-refractivity contribution in [2.45, 2.75) is 44.0 Å². The molecule has 1 aliphatic heterocycles. The lowest BCUT2D eigenvalue weighted by atomic mass is 10.1. The topological polar surface area (TPSA) is 92.3 Å². The summed E-state index contributed by atoms with van der Waals surface area (Å²) < 4.78 is 35.8. The van der Waals surface area contributed by atoms with Gasteiger partial charge in [0.1, 0.15) is 22.0 Å². The van der Waals surface area contributed by atoms with E-state index in [4.69, 9.17) is 0 Å². The lowest BCUT2D eigenvalue weighted by molar-refractivity contribution is -0.124. The Morgan fingerprint density at radius 1 is 1.40 bits per heavy atom. The maximum absolute atomic E-state index is 13.1. The van der Waals surface area contributed by atoms with E-state index in [1.165, 1.54) is 10.4 Å². The first-order valence-corrected chi connectivity index (χ1v) is 10.6. The number of sulfonamides is 1. The third kappa shape index (κ3) is 3.68. The number of benzene rings is 1. The van der Waals surface area contributed by atoms with Crippen LogP contribution in [0.4, 0.5) is 0 Å². The SMILES string of the molecule is CC(C)CCNC(=O)C1CCCN1S(=O)(=O)c1cccc2nsnc12. The summed E-state index contributed by atoms with van der Waals surface area (Å²) in [4.78, 5) is 12.6. The van der Waals surface area contributed by atoms with Crippen LogP contribution in [-0.2, 0) is 14.8 Å². The Morgan fingerprint density at radius 3 is 2.96 bits per heavy atom. The van der Waals surface area contributed by atoms with Gasteiger partial charge in [-0.2, -0.15) is 13.1 Å². The second kappa shape index (κ2) is 7.35. The Hall–Kier alpha value is -1.58. The molecule has 1 amide bonds. The quantitative estimate of drug-likeness (QED) is 0.825. The summed E-state index contributed by atoms with van der Waals surface area (Å²) in [6, 6.07) is 4.27. The standard InChI is InChI=1S/C16H22N4O3S2/c1-11(2)8-9-17-16(21)13-6-4-10-20(13)25(22,23)14-7-3-5-12-15(14)19-24-18-12/h3,5,7,11,13H,4,6,8-10H2,1-2H3,(H,17,21). The number of hydrogen-bond donors (Lipinski definition) is 1. The van der Waals surface area contributed by atoms with E-state index in [-0.39, 0.29) is 10.8 Å². The molecule has 2 heterocycles. The van der Waals surface area contributed by atoms with E-state index in [0.29, 0.717) is 42.9 Å². The van der Waals surface area contributed by atoms with Crippen LogP contribution in [0.25, 0.3) is 11.0 Å². The number of carbonyl (C=O) groups excluding carboxylic acids is 1. The molecular formula is C16H22N4O3S2. The molecule has 1 aromatic heterocycles. The summed E-state index contributed by atoms with van der Waals surface area (Å²) in [7, 11) is -3.79. The fraction of sp³-hybridized carbons (Fsp3) is 0.562. The van der Waals surface area contributed by atoms with E-state index < -0.39 is 16.1 Å². The Morgan fingerprint density at radius 2 is 2.20 bits per heavy atom. The van der Waals surface area contributed by atoms with Crippen LogP contribution in [0, 0.1) is 5.92 Å². The minimum Gasteiger partial charge on any atom is -0.355 e. The number of aromatic nitrogens is 2. The zero-order valence-corrected chi connectivity index (χ0v) is 15.9. The maximum atomic E-state index is 13.1. The van der Waals surface area contributed by atoms with Crippen molar-refractivity contribution in [3.8, 4) is 0 Å². The van der Waals surface area contributed by atoms with Crippen LogP contribution in [0.3, 0.4) is 0 Å². The van der Waals surface area contributed by atoms with E-state index in [1.54, 1.807) is 12.1 Å². The highest BCUT2D eigenvalue weighted by molar-refractivity contribution is 7.89. The van der Waals surface area contributed by atoms with E-state index >= 15 is 0 Å². The Kier molecular flexibility index (Phi) is 5.35. The summed E-state index contributed by atoms with van der Waals surface area (Å²) in [6.45, 7) is 5.08. The van der Waals surface area contributed by atoms with E-state index in [2.05, 4.69) is 27.9 Å². The zero-order valence-electron chi connectivity index (χ0n) is 14.3. The number of nitrogens with one attached hydrogen (secondary N) is 1. The molecular weight excluding hydrogens is 360 g/mol. The molecule has 1 unspecified atom stereocenters. The van der Waals surface area contributed by atoms with Gasteiger partial charge in [0.15, 0.2) is 0 Å². The predicted molar refractivity (Wildman–Crippen MR) is 96.8 cm³/mol. The number of hydrogen-bond acceptors (Lipinski definition) is 6. The number of fused-ring (bicyclic) bond motifs is 1. The lowest BCUT2D eigenvalue weighted by Crippen LogP contribution is -2.46. The number of amides is 1. The molecule has 1 aromatic carbocycles. The van der Waals surface area contributed by atoms with Gasteiger partial charge in [-0.1, -0.05) is 19.9 Å². The average Bonchev–Trinajstić information content (AvgIpc) is 3.23. The van der Waals surface area contributed by atoms with Crippen LogP contribution in [0.5, 0.6) is 0 Å². The van der Waals surface area contributed by atoms with Gasteiger partial charge in [0.2, 0.25) is 15.9 Å². The van der Waals surface area contributed by atoms with Crippen LogP contribution in [-0.4, -0.2) is 46.5 Å². The minimum absolute atomic E-state index is 0.126. The van der Waals surface area contributed by atoms with Gasteiger partial charge in [0.25, 0.3) is 0 Å². The molecule has 7 nitrogen and oxygen atoms in total. The second-order valence-electron chi connectivity index (χ2n) is 6.64. The fourth-order valence-corrected chi connectivity index (χ4v) is 5.42. The van der Waals surface area contributed by atoms with Crippen molar-refractivity contribution >= 4 is 38.7 Å². The molecule has 9 heteroatoms. The molecule has 1 atom stereocenters. The van der Waals surface area contributed by atoms with Gasteiger partial charge in [0, 0.05) is 13.1 Å². The van der Waals surface area contributed by atoms with Gasteiger partial charge in [-0.05, 0) is 37.3 Å². The Bertz CT molecular complexity index is 863. The predicted octanol–water partition coefficient (Wildman–Crippen LogP) is 2.01. The molecule has 0 spiro atoms. The van der Waals surface area contributed by atoms with Crippen molar-refractivity contribution < 1.29 is 13.2 Å². The van der Waals surface area contributed by atoms with Crippen LogP contribution in [0.1, 0.15) is 33.1 Å². The molecule has 0 radical (unpaired) electrons. The first-order chi connectivity index (χ1) is 11.9. The number of nitrogens with zero attached hydrogens (tertiary/aromatic N) is 3. The maximum Gasteiger partial charge on any atom is 0.246 e. The molecule has 1 aliphatic rings. The summed E-state index contributed by atoms with van der Waals surface area (Å²) >= 11 is 0.984. The number of rotatable bonds is 6. The van der Waals surface area contributed by atoms with E-state index in [1.807, 2.05) is 0 Å². The minimum atomic E-state index is -3.79. The van der Waals surface area contributed by atoms with Crippen LogP contribution >= 0.6 is 11.7 Å². The third-order valence-electron chi connectivity index (χ3n) is 4.36. The Balaban J connectivity index is 1.83. The molecule has 2 aromatic rings. The van der Waals surface area contributed by atoms with Gasteiger partial charge in [-0.15, -0.1) is 0 Å². The zero-order chi connectivity index (χ0) is 18.0. The third-order valence-corrected chi connectivity index (χ3v) is 6.85. The van der Waals surface area contributed by atoms with Gasteiger partial charge < -0.3 is 5.32 Å². The average molecular weight is 383 g/mol. The molecule has 0 bridgehead atoms. The van der Waals surface area contributed by atoms with E-state index in [0.717, 1.165) is 18.1 Å². The van der Waals surface area contributed by atoms with Gasteiger partial charge in [-0.25, -0.2) is 8.42 Å². The molecule has 25 heavy (non-hydrogen) atoms. The normalized spacial score (nSPS) is 18.9. The molecule has 136 valence electrons. The monoisotopic (exact) mass is 382 g/mol. The molecule has 0 saturated carbocycles. The summed E-state index contributed by atoms with van der Waals surface area (Å²) in [6.07, 6.45) is 2.08. The van der Waals surface area contributed by atoms with Crippen LogP contribution < -0.4 is 5.32 Å². The molecule has 0 aliphatic carbocycles. The van der Waals surface area contributed by atoms with Gasteiger partial charge in [-0.3, -0.25) is 4.79 Å². The fourth-order valence-electron chi connectivity index (χ4n) is 3.01. The highest BCUT2D eigenvalue weighted by atomic mass is 32.2. The van der Waals surface area contributed by atoms with Gasteiger partial charge in [0.05, 0.1) is 11.7 Å². The number of carbonyl (C=O) groups is 1. The van der Waals surface area contributed by atoms with Crippen LogP contribution in [0.2, 0.25) is 0 Å². The second-order valence-corrected chi connectivity index (χ2v) is 9.02. The smallest absolute Gasteiger partial charge is 0.246 e. The van der Waals surface area contributed by atoms with E-state index in [9.17, 15) is 13.2 Å². The van der Waals surface area contributed by atoms with Crippen LogP contribution in [0.15, 0.2) is 23.1 Å². The highest BCUT2D eigenvalue weighted by Crippen LogP contribution is 2.30. The van der Waals surface area contributed by atoms with Crippen molar-refractivity contribution in [1.29, 1.82) is 0 Å². The molecule has 1 fully saturated rings. The van der Waals surface area contributed by atoms with Crippen molar-refractivity contribution in [3.05, 3.63) is 18.2 Å². The van der Waals surface area contributed by atoms with Gasteiger partial charge >= 0.3 is 0 Å². The largest absolute Gasteiger partial charge is 0.355 e. The molecule has 3 rings (SSSR count). The van der Waals surface area contributed by atoms with Crippen molar-refractivity contribution in [1.82, 2.24) is 18.4 Å². The van der Waals surface area contributed by atoms with Crippen molar-refractivity contribution in [2.24, 2.45) is 5.92 Å². The summed E-state index contributed by atoms with van der Waals surface area (Å²) in [5.41, 5.74) is 0.932. The lowest BCUT2D eigenvalue weighted by Gasteiger charge is -2.23. The highest BCUT2D eigenvalue weighted by Gasteiger charge is 2.40. The van der Waals surface area contributed by atoms with Crippen molar-refractivity contribution in [3.63, 3.8) is 0 Å².